The lowest BCUT2D eigenvalue weighted by atomic mass is 10.5. The molecule has 0 aliphatic heterocycles. The summed E-state index contributed by atoms with van der Waals surface area (Å²) in [7, 11) is 1.53. The highest BCUT2D eigenvalue weighted by molar-refractivity contribution is 7.99. The smallest absolute Gasteiger partial charge is 0.313 e. The molecule has 0 aromatic carbocycles. The third-order valence-corrected chi connectivity index (χ3v) is 3.78. The van der Waals surface area contributed by atoms with E-state index < -0.39 is 5.97 Å². The number of hydrogen-bond donors (Lipinski definition) is 1. The molecule has 1 aliphatic rings. The lowest BCUT2D eigenvalue weighted by Crippen LogP contribution is -2.02. The maximum absolute atomic E-state index is 10.7. The lowest BCUT2D eigenvalue weighted by Gasteiger charge is -2.04. The van der Waals surface area contributed by atoms with Gasteiger partial charge in [-0.15, -0.1) is 0 Å². The molecule has 100 valence electrons. The van der Waals surface area contributed by atoms with Crippen molar-refractivity contribution in [2.24, 2.45) is 0 Å². The van der Waals surface area contributed by atoms with E-state index in [1.165, 1.54) is 25.2 Å². The second-order valence-electron chi connectivity index (χ2n) is 4.23. The first-order chi connectivity index (χ1) is 9.20. The summed E-state index contributed by atoms with van der Waals surface area (Å²) in [5.74, 6) is -0.467. The van der Waals surface area contributed by atoms with Crippen molar-refractivity contribution < 1.29 is 14.6 Å². The zero-order valence-corrected chi connectivity index (χ0v) is 11.1. The molecule has 0 bridgehead atoms. The van der Waals surface area contributed by atoms with Crippen LogP contribution >= 0.6 is 11.8 Å². The average Bonchev–Trinajstić information content (AvgIpc) is 3.16. The zero-order valence-electron chi connectivity index (χ0n) is 10.2. The van der Waals surface area contributed by atoms with E-state index in [0.29, 0.717) is 28.2 Å². The van der Waals surface area contributed by atoms with Crippen LogP contribution in [0.15, 0.2) is 11.5 Å². The average molecular weight is 280 g/mol. The van der Waals surface area contributed by atoms with E-state index in [1.54, 1.807) is 0 Å². The van der Waals surface area contributed by atoms with Crippen molar-refractivity contribution in [3.63, 3.8) is 0 Å². The van der Waals surface area contributed by atoms with Gasteiger partial charge in [-0.2, -0.15) is 4.98 Å². The topological polar surface area (TPSA) is 90.1 Å². The highest BCUT2D eigenvalue weighted by Gasteiger charge is 2.30. The molecule has 8 heteroatoms. The van der Waals surface area contributed by atoms with Crippen LogP contribution < -0.4 is 4.74 Å². The van der Waals surface area contributed by atoms with Crippen LogP contribution in [0.4, 0.5) is 0 Å². The lowest BCUT2D eigenvalue weighted by molar-refractivity contribution is -0.133. The molecule has 1 fully saturated rings. The van der Waals surface area contributed by atoms with Crippen LogP contribution in [0.5, 0.6) is 5.88 Å². The Morgan fingerprint density at radius 2 is 2.37 bits per heavy atom. The quantitative estimate of drug-likeness (QED) is 0.826. The number of hydrogen-bond acceptors (Lipinski definition) is 6. The summed E-state index contributed by atoms with van der Waals surface area (Å²) in [6, 6.07) is 0.362. The third kappa shape index (κ3) is 2.23. The summed E-state index contributed by atoms with van der Waals surface area (Å²) >= 11 is 1.20. The van der Waals surface area contributed by atoms with Crippen molar-refractivity contribution in [2.45, 2.75) is 24.0 Å². The van der Waals surface area contributed by atoms with Gasteiger partial charge in [0.25, 0.3) is 0 Å². The molecule has 1 saturated carbocycles. The minimum atomic E-state index is -0.863. The number of carboxylic acids is 1. The number of nitrogens with zero attached hydrogens (tertiary/aromatic N) is 4. The Hall–Kier alpha value is -1.83. The van der Waals surface area contributed by atoms with E-state index in [2.05, 4.69) is 15.0 Å². The molecule has 1 aliphatic carbocycles. The summed E-state index contributed by atoms with van der Waals surface area (Å²) in [6.07, 6.45) is 3.57. The van der Waals surface area contributed by atoms with E-state index in [0.717, 1.165) is 12.8 Å². The van der Waals surface area contributed by atoms with Crippen LogP contribution in [0.2, 0.25) is 0 Å². The van der Waals surface area contributed by atoms with Gasteiger partial charge in [0.2, 0.25) is 5.88 Å². The Balaban J connectivity index is 2.09. The standard InChI is InChI=1S/C11H12N4O3S/c1-18-10-8-9(12-5-13-10)15(6-2-3-6)11(14-8)19-4-7(16)17/h5-6H,2-4H2,1H3,(H,16,17). The maximum atomic E-state index is 10.7. The number of imidazole rings is 1. The predicted molar refractivity (Wildman–Crippen MR) is 68.5 cm³/mol. The minimum Gasteiger partial charge on any atom is -0.481 e. The highest BCUT2D eigenvalue weighted by atomic mass is 32.2. The van der Waals surface area contributed by atoms with Gasteiger partial charge in [0.1, 0.15) is 6.33 Å². The Labute approximate surface area is 113 Å². The molecule has 19 heavy (non-hydrogen) atoms. The molecule has 7 nitrogen and oxygen atoms in total. The molecular weight excluding hydrogens is 268 g/mol. The number of carbonyl (C=O) groups is 1. The molecule has 0 saturated heterocycles. The van der Waals surface area contributed by atoms with E-state index in [1.807, 2.05) is 4.57 Å². The van der Waals surface area contributed by atoms with Crippen molar-refractivity contribution in [1.82, 2.24) is 19.5 Å². The first kappa shape index (κ1) is 12.2. The Morgan fingerprint density at radius 3 is 3.00 bits per heavy atom. The van der Waals surface area contributed by atoms with Gasteiger partial charge in [-0.25, -0.2) is 9.97 Å². The van der Waals surface area contributed by atoms with Crippen molar-refractivity contribution >= 4 is 28.9 Å². The molecule has 0 spiro atoms. The Bertz CT molecular complexity index is 638. The number of aliphatic carboxylic acids is 1. The number of rotatable bonds is 5. The molecule has 0 unspecified atom stereocenters. The summed E-state index contributed by atoms with van der Waals surface area (Å²) in [5, 5.41) is 9.45. The molecule has 1 N–H and O–H groups in total. The van der Waals surface area contributed by atoms with Gasteiger partial charge in [0.15, 0.2) is 16.3 Å². The number of thioether (sulfide) groups is 1. The van der Waals surface area contributed by atoms with Crippen LogP contribution in [0.3, 0.4) is 0 Å². The summed E-state index contributed by atoms with van der Waals surface area (Å²) in [4.78, 5) is 23.4. The van der Waals surface area contributed by atoms with Crippen molar-refractivity contribution in [1.29, 1.82) is 0 Å². The molecular formula is C11H12N4O3S. The van der Waals surface area contributed by atoms with E-state index in [9.17, 15) is 4.79 Å². The Morgan fingerprint density at radius 1 is 1.58 bits per heavy atom. The number of methoxy groups -OCH3 is 1. The molecule has 2 heterocycles. The monoisotopic (exact) mass is 280 g/mol. The van der Waals surface area contributed by atoms with Gasteiger partial charge in [-0.1, -0.05) is 11.8 Å². The van der Waals surface area contributed by atoms with Gasteiger partial charge in [-0.05, 0) is 12.8 Å². The number of fused-ring (bicyclic) bond motifs is 1. The van der Waals surface area contributed by atoms with Gasteiger partial charge in [0, 0.05) is 6.04 Å². The Kier molecular flexibility index (Phi) is 3.02. The van der Waals surface area contributed by atoms with Gasteiger partial charge < -0.3 is 14.4 Å². The van der Waals surface area contributed by atoms with E-state index >= 15 is 0 Å². The first-order valence-electron chi connectivity index (χ1n) is 5.82. The van der Waals surface area contributed by atoms with Crippen LogP contribution in [-0.4, -0.2) is 43.5 Å². The van der Waals surface area contributed by atoms with Gasteiger partial charge in [-0.3, -0.25) is 4.79 Å². The summed E-state index contributed by atoms with van der Waals surface area (Å²) in [6.45, 7) is 0. The fourth-order valence-corrected chi connectivity index (χ4v) is 2.69. The normalized spacial score (nSPS) is 14.8. The number of carboxylic acid groups (broad SMARTS) is 1. The van der Waals surface area contributed by atoms with Crippen LogP contribution in [-0.2, 0) is 4.79 Å². The van der Waals surface area contributed by atoms with Gasteiger partial charge in [0.05, 0.1) is 12.9 Å². The molecule has 2 aromatic rings. The second-order valence-corrected chi connectivity index (χ2v) is 5.18. The predicted octanol–water partition coefficient (Wildman–Crippen LogP) is 1.35. The number of ether oxygens (including phenoxy) is 1. The number of aromatic nitrogens is 4. The fraction of sp³-hybridized carbons (Fsp3) is 0.455. The third-order valence-electron chi connectivity index (χ3n) is 2.84. The highest BCUT2D eigenvalue weighted by Crippen LogP contribution is 2.41. The van der Waals surface area contributed by atoms with Crippen LogP contribution in [0.1, 0.15) is 18.9 Å². The van der Waals surface area contributed by atoms with Crippen LogP contribution in [0, 0.1) is 0 Å². The summed E-state index contributed by atoms with van der Waals surface area (Å²) in [5.41, 5.74) is 1.30. The second kappa shape index (κ2) is 4.69. The molecule has 0 radical (unpaired) electrons. The summed E-state index contributed by atoms with van der Waals surface area (Å²) < 4.78 is 7.16. The van der Waals surface area contributed by atoms with Crippen LogP contribution in [0.25, 0.3) is 11.2 Å². The first-order valence-corrected chi connectivity index (χ1v) is 6.80. The van der Waals surface area contributed by atoms with Crippen molar-refractivity contribution in [3.8, 4) is 5.88 Å². The molecule has 0 amide bonds. The molecule has 0 atom stereocenters. The fourth-order valence-electron chi connectivity index (χ4n) is 1.91. The van der Waals surface area contributed by atoms with Crippen molar-refractivity contribution in [2.75, 3.05) is 12.9 Å². The van der Waals surface area contributed by atoms with E-state index in [4.69, 9.17) is 9.84 Å². The SMILES string of the molecule is COc1ncnc2c1nc(SCC(=O)O)n2C1CC1. The molecule has 2 aromatic heterocycles. The zero-order chi connectivity index (χ0) is 13.4. The van der Waals surface area contributed by atoms with Crippen molar-refractivity contribution in [3.05, 3.63) is 6.33 Å². The van der Waals surface area contributed by atoms with E-state index in [-0.39, 0.29) is 5.75 Å². The largest absolute Gasteiger partial charge is 0.481 e. The maximum Gasteiger partial charge on any atom is 0.313 e. The molecule has 3 rings (SSSR count). The van der Waals surface area contributed by atoms with Gasteiger partial charge >= 0.3 is 5.97 Å². The minimum absolute atomic E-state index is 0.0220.